The first-order valence-electron chi connectivity index (χ1n) is 4.66. The number of benzene rings is 1. The number of rotatable bonds is 2. The number of halogens is 1. The Morgan fingerprint density at radius 3 is 2.67 bits per heavy atom. The summed E-state index contributed by atoms with van der Waals surface area (Å²) in [4.78, 5) is 32.5. The summed E-state index contributed by atoms with van der Waals surface area (Å²) in [5, 5.41) is 12.5. The van der Waals surface area contributed by atoms with Crippen LogP contribution < -0.4 is 5.32 Å². The second kappa shape index (κ2) is 4.79. The maximum absolute atomic E-state index is 11.3. The van der Waals surface area contributed by atoms with Crippen molar-refractivity contribution < 1.29 is 14.5 Å². The third-order valence-electron chi connectivity index (χ3n) is 2.12. The van der Waals surface area contributed by atoms with Crippen LogP contribution >= 0.6 is 23.4 Å². The molecule has 6 nitrogen and oxygen atoms in total. The standard InChI is InChI=1S/C10H5ClN2O4S/c11-7-2-1-6(13(16)17)3-5(7)4-8-9(14)12-10(15)18-8/h1-4H,(H,12,14,15)/b8-4-. The molecule has 0 radical (unpaired) electrons. The molecule has 0 aromatic heterocycles. The Bertz CT molecular complexity index is 600. The Kier molecular flexibility index (Phi) is 3.35. The topological polar surface area (TPSA) is 89.3 Å². The van der Waals surface area contributed by atoms with Gasteiger partial charge < -0.3 is 0 Å². The summed E-state index contributed by atoms with van der Waals surface area (Å²) in [6.45, 7) is 0. The van der Waals surface area contributed by atoms with Crippen LogP contribution in [0.2, 0.25) is 5.02 Å². The van der Waals surface area contributed by atoms with Crippen LogP contribution in [0.1, 0.15) is 5.56 Å². The molecule has 0 saturated carbocycles. The summed E-state index contributed by atoms with van der Waals surface area (Å²) in [5.74, 6) is -0.535. The molecule has 1 heterocycles. The molecule has 1 N–H and O–H groups in total. The van der Waals surface area contributed by atoms with Gasteiger partial charge in [-0.25, -0.2) is 0 Å². The Morgan fingerprint density at radius 2 is 2.11 bits per heavy atom. The number of imide groups is 1. The van der Waals surface area contributed by atoms with Gasteiger partial charge in [-0.05, 0) is 23.9 Å². The summed E-state index contributed by atoms with van der Waals surface area (Å²) in [5.41, 5.74) is 0.180. The largest absolute Gasteiger partial charge is 0.290 e. The second-order valence-corrected chi connectivity index (χ2v) is 4.74. The number of carbonyl (C=O) groups excluding carboxylic acids is 2. The normalized spacial score (nSPS) is 17.1. The minimum Gasteiger partial charge on any atom is -0.282 e. The number of carbonyl (C=O) groups is 2. The third kappa shape index (κ3) is 2.52. The van der Waals surface area contributed by atoms with Crippen LogP contribution in [0.25, 0.3) is 6.08 Å². The van der Waals surface area contributed by atoms with E-state index < -0.39 is 16.1 Å². The molecule has 1 saturated heterocycles. The fourth-order valence-corrected chi connectivity index (χ4v) is 2.16. The molecule has 18 heavy (non-hydrogen) atoms. The first-order valence-corrected chi connectivity index (χ1v) is 5.85. The van der Waals surface area contributed by atoms with Gasteiger partial charge >= 0.3 is 0 Å². The van der Waals surface area contributed by atoms with Crippen molar-refractivity contribution >= 4 is 46.3 Å². The highest BCUT2D eigenvalue weighted by atomic mass is 35.5. The van der Waals surface area contributed by atoms with Crippen LogP contribution in [0.15, 0.2) is 23.1 Å². The Balaban J connectivity index is 2.42. The Morgan fingerprint density at radius 1 is 1.39 bits per heavy atom. The first-order chi connectivity index (χ1) is 8.47. The Hall–Kier alpha value is -1.86. The van der Waals surface area contributed by atoms with Gasteiger partial charge in [0.05, 0.1) is 9.83 Å². The molecule has 0 atom stereocenters. The maximum atomic E-state index is 11.3. The number of hydrogen-bond acceptors (Lipinski definition) is 5. The van der Waals surface area contributed by atoms with Crippen molar-refractivity contribution in [2.45, 2.75) is 0 Å². The van der Waals surface area contributed by atoms with Crippen molar-refractivity contribution in [1.29, 1.82) is 0 Å². The highest BCUT2D eigenvalue weighted by Gasteiger charge is 2.25. The molecule has 0 bridgehead atoms. The number of non-ortho nitro benzene ring substituents is 1. The summed E-state index contributed by atoms with van der Waals surface area (Å²) in [6, 6.07) is 3.87. The van der Waals surface area contributed by atoms with Crippen LogP contribution in [0, 0.1) is 10.1 Å². The summed E-state index contributed by atoms with van der Waals surface area (Å²) < 4.78 is 0. The SMILES string of the molecule is O=C1NC(=O)/C(=C/c2cc([N+](=O)[O-])ccc2Cl)S1. The minimum absolute atomic E-state index is 0.138. The van der Waals surface area contributed by atoms with Crippen molar-refractivity contribution in [3.05, 3.63) is 43.8 Å². The van der Waals surface area contributed by atoms with Crippen molar-refractivity contribution in [3.63, 3.8) is 0 Å². The van der Waals surface area contributed by atoms with Crippen LogP contribution in [0.4, 0.5) is 10.5 Å². The average Bonchev–Trinajstić information content (AvgIpc) is 2.60. The molecular weight excluding hydrogens is 280 g/mol. The number of nitrogens with one attached hydrogen (secondary N) is 1. The number of nitro benzene ring substituents is 1. The van der Waals surface area contributed by atoms with Gasteiger partial charge in [0.25, 0.3) is 16.8 Å². The van der Waals surface area contributed by atoms with E-state index in [1.807, 2.05) is 0 Å². The van der Waals surface area contributed by atoms with E-state index in [4.69, 9.17) is 11.6 Å². The van der Waals surface area contributed by atoms with Crippen molar-refractivity contribution in [2.24, 2.45) is 0 Å². The van der Waals surface area contributed by atoms with E-state index >= 15 is 0 Å². The molecule has 1 aromatic rings. The van der Waals surface area contributed by atoms with E-state index in [1.165, 1.54) is 24.3 Å². The molecule has 2 rings (SSSR count). The smallest absolute Gasteiger partial charge is 0.282 e. The maximum Gasteiger partial charge on any atom is 0.290 e. The van der Waals surface area contributed by atoms with Gasteiger partial charge in [0, 0.05) is 22.7 Å². The monoisotopic (exact) mass is 284 g/mol. The predicted octanol–water partition coefficient (Wildman–Crippen LogP) is 2.57. The zero-order chi connectivity index (χ0) is 13.3. The van der Waals surface area contributed by atoms with Gasteiger partial charge in [0.2, 0.25) is 0 Å². The molecule has 0 spiro atoms. The number of amides is 2. The second-order valence-electron chi connectivity index (χ2n) is 3.32. The molecule has 8 heteroatoms. The van der Waals surface area contributed by atoms with E-state index in [2.05, 4.69) is 5.32 Å². The lowest BCUT2D eigenvalue weighted by atomic mass is 10.2. The fourth-order valence-electron chi connectivity index (χ4n) is 1.32. The first kappa shape index (κ1) is 12.6. The number of nitrogens with zero attached hydrogens (tertiary/aromatic N) is 1. The molecular formula is C10H5ClN2O4S. The summed E-state index contributed by atoms with van der Waals surface area (Å²) in [6.07, 6.45) is 1.35. The Labute approximate surface area is 110 Å². The molecule has 1 aliphatic heterocycles. The molecule has 0 unspecified atom stereocenters. The van der Waals surface area contributed by atoms with E-state index in [0.717, 1.165) is 11.8 Å². The van der Waals surface area contributed by atoms with Gasteiger partial charge in [-0.3, -0.25) is 25.0 Å². The van der Waals surface area contributed by atoms with E-state index in [9.17, 15) is 19.7 Å². The lowest BCUT2D eigenvalue weighted by Crippen LogP contribution is -2.17. The van der Waals surface area contributed by atoms with E-state index in [0.29, 0.717) is 5.56 Å². The van der Waals surface area contributed by atoms with Gasteiger partial charge in [0.1, 0.15) is 0 Å². The van der Waals surface area contributed by atoms with Crippen molar-refractivity contribution in [3.8, 4) is 0 Å². The van der Waals surface area contributed by atoms with E-state index in [1.54, 1.807) is 0 Å². The minimum atomic E-state index is -0.564. The average molecular weight is 285 g/mol. The van der Waals surface area contributed by atoms with Crippen molar-refractivity contribution in [1.82, 2.24) is 5.32 Å². The van der Waals surface area contributed by atoms with Gasteiger partial charge in [-0.1, -0.05) is 11.6 Å². The third-order valence-corrected chi connectivity index (χ3v) is 3.27. The van der Waals surface area contributed by atoms with Gasteiger partial charge in [-0.2, -0.15) is 0 Å². The van der Waals surface area contributed by atoms with Crippen LogP contribution in [0.3, 0.4) is 0 Å². The predicted molar refractivity (Wildman–Crippen MR) is 67.2 cm³/mol. The number of nitro groups is 1. The van der Waals surface area contributed by atoms with E-state index in [-0.39, 0.29) is 15.6 Å². The van der Waals surface area contributed by atoms with Gasteiger partial charge in [-0.15, -0.1) is 0 Å². The molecule has 1 aliphatic rings. The highest BCUT2D eigenvalue weighted by molar-refractivity contribution is 8.18. The van der Waals surface area contributed by atoms with Crippen LogP contribution in [0.5, 0.6) is 0 Å². The molecule has 2 amide bonds. The quantitative estimate of drug-likeness (QED) is 0.512. The fraction of sp³-hybridized carbons (Fsp3) is 0. The van der Waals surface area contributed by atoms with Crippen LogP contribution in [-0.2, 0) is 4.79 Å². The number of hydrogen-bond donors (Lipinski definition) is 1. The van der Waals surface area contributed by atoms with Gasteiger partial charge in [0.15, 0.2) is 0 Å². The highest BCUT2D eigenvalue weighted by Crippen LogP contribution is 2.29. The van der Waals surface area contributed by atoms with Crippen LogP contribution in [-0.4, -0.2) is 16.1 Å². The van der Waals surface area contributed by atoms with Crippen molar-refractivity contribution in [2.75, 3.05) is 0 Å². The lowest BCUT2D eigenvalue weighted by Gasteiger charge is -1.99. The summed E-state index contributed by atoms with van der Waals surface area (Å²) in [7, 11) is 0. The molecule has 1 fully saturated rings. The zero-order valence-electron chi connectivity index (χ0n) is 8.68. The molecule has 1 aromatic carbocycles. The number of thioether (sulfide) groups is 1. The molecule has 0 aliphatic carbocycles. The molecule has 92 valence electrons. The lowest BCUT2D eigenvalue weighted by molar-refractivity contribution is -0.384. The summed E-state index contributed by atoms with van der Waals surface area (Å²) >= 11 is 6.59. The zero-order valence-corrected chi connectivity index (χ0v) is 10.2.